The molecule has 1 aliphatic heterocycles. The molecule has 1 fully saturated rings. The van der Waals surface area contributed by atoms with Crippen LogP contribution in [0.1, 0.15) is 13.3 Å². The lowest BCUT2D eigenvalue weighted by Crippen LogP contribution is -2.26. The third kappa shape index (κ3) is 1.50. The molecule has 1 saturated heterocycles. The average molecular weight is 197 g/mol. The van der Waals surface area contributed by atoms with Crippen LogP contribution in [0.5, 0.6) is 0 Å². The van der Waals surface area contributed by atoms with Gasteiger partial charge in [-0.05, 0) is 6.92 Å². The van der Waals surface area contributed by atoms with Gasteiger partial charge in [0, 0.05) is 18.7 Å². The van der Waals surface area contributed by atoms with Gasteiger partial charge in [0.25, 0.3) is 0 Å². The summed E-state index contributed by atoms with van der Waals surface area (Å²) in [5.41, 5.74) is 1.32. The fourth-order valence-electron chi connectivity index (χ4n) is 1.34. The van der Waals surface area contributed by atoms with E-state index in [4.69, 9.17) is 0 Å². The van der Waals surface area contributed by atoms with Crippen LogP contribution < -0.4 is 0 Å². The first-order valence-corrected chi connectivity index (χ1v) is 5.18. The smallest absolute Gasteiger partial charge is 0.242 e. The van der Waals surface area contributed by atoms with E-state index in [0.717, 1.165) is 0 Å². The molecule has 1 heterocycles. The summed E-state index contributed by atoms with van der Waals surface area (Å²) in [6.45, 7) is 2.04. The van der Waals surface area contributed by atoms with Gasteiger partial charge >= 0.3 is 0 Å². The van der Waals surface area contributed by atoms with Crippen LogP contribution in [0.2, 0.25) is 0 Å². The van der Waals surface area contributed by atoms with Crippen molar-refractivity contribution in [3.63, 3.8) is 0 Å². The number of hydrogen-bond donors (Lipinski definition) is 0. The van der Waals surface area contributed by atoms with Crippen molar-refractivity contribution < 1.29 is 9.59 Å². The zero-order valence-electron chi connectivity index (χ0n) is 7.61. The van der Waals surface area contributed by atoms with Gasteiger partial charge < -0.3 is 0 Å². The fraction of sp³-hybridized carbons (Fsp3) is 0.556. The maximum absolute atomic E-state index is 11.4. The predicted molar refractivity (Wildman–Crippen MR) is 51.3 cm³/mol. The van der Waals surface area contributed by atoms with Gasteiger partial charge in [-0.15, -0.1) is 11.8 Å². The Balaban J connectivity index is 1.94. The van der Waals surface area contributed by atoms with Crippen molar-refractivity contribution in [2.45, 2.75) is 23.8 Å². The number of rotatable bonds is 2. The summed E-state index contributed by atoms with van der Waals surface area (Å²) in [6, 6.07) is 0. The molecule has 2 amide bonds. The van der Waals surface area contributed by atoms with Gasteiger partial charge in [-0.1, -0.05) is 11.6 Å². The zero-order valence-corrected chi connectivity index (χ0v) is 8.43. The summed E-state index contributed by atoms with van der Waals surface area (Å²) >= 11 is 1.59. The van der Waals surface area contributed by atoms with Gasteiger partial charge in [0.1, 0.15) is 0 Å². The summed E-state index contributed by atoms with van der Waals surface area (Å²) in [5.74, 6) is -0.0936. The van der Waals surface area contributed by atoms with Crippen molar-refractivity contribution >= 4 is 23.6 Å². The molecule has 0 saturated carbocycles. The molecule has 0 N–H and O–H groups in total. The Morgan fingerprint density at radius 3 is 2.54 bits per heavy atom. The molecule has 0 bridgehead atoms. The normalized spacial score (nSPS) is 32.5. The number of thioether (sulfide) groups is 1. The Bertz CT molecular complexity index is 311. The summed E-state index contributed by atoms with van der Waals surface area (Å²) in [6.07, 6.45) is 2.48. The summed E-state index contributed by atoms with van der Waals surface area (Å²) in [5, 5.41) is 0.268. The largest absolute Gasteiger partial charge is 0.285 e. The Morgan fingerprint density at radius 2 is 2.15 bits per heavy atom. The molecule has 3 nitrogen and oxygen atoms in total. The molecule has 0 spiro atoms. The highest BCUT2D eigenvalue weighted by atomic mass is 32.2. The molecule has 2 atom stereocenters. The topological polar surface area (TPSA) is 37.4 Å². The third-order valence-electron chi connectivity index (χ3n) is 2.40. The standard InChI is InChI=1S/C9H11NO2S/c1-5-3-6(5)13-7-4-8(11)10(2)9(7)12/h3,6-7H,4H2,1-2H3. The Kier molecular flexibility index (Phi) is 1.95. The van der Waals surface area contributed by atoms with Gasteiger partial charge in [-0.2, -0.15) is 0 Å². The number of amides is 2. The highest BCUT2D eigenvalue weighted by Crippen LogP contribution is 2.38. The molecule has 0 aromatic heterocycles. The van der Waals surface area contributed by atoms with Crippen LogP contribution in [0.3, 0.4) is 0 Å². The van der Waals surface area contributed by atoms with Gasteiger partial charge in [0.15, 0.2) is 0 Å². The van der Waals surface area contributed by atoms with E-state index in [1.54, 1.807) is 18.8 Å². The second-order valence-corrected chi connectivity index (χ2v) is 4.80. The number of nitrogens with zero attached hydrogens (tertiary/aromatic N) is 1. The number of imide groups is 1. The minimum absolute atomic E-state index is 0.0388. The molecular formula is C9H11NO2S. The second-order valence-electron chi connectivity index (χ2n) is 3.45. The van der Waals surface area contributed by atoms with Gasteiger partial charge in [-0.3, -0.25) is 14.5 Å². The monoisotopic (exact) mass is 197 g/mol. The molecule has 4 heteroatoms. The molecule has 13 heavy (non-hydrogen) atoms. The van der Waals surface area contributed by atoms with Crippen LogP contribution in [0.4, 0.5) is 0 Å². The number of hydrogen-bond acceptors (Lipinski definition) is 3. The highest BCUT2D eigenvalue weighted by Gasteiger charge is 2.39. The SMILES string of the molecule is CC1=CC1SC1CC(=O)N(C)C1=O. The van der Waals surface area contributed by atoms with Crippen LogP contribution >= 0.6 is 11.8 Å². The predicted octanol–water partition coefficient (Wildman–Crippen LogP) is 0.805. The minimum Gasteiger partial charge on any atom is -0.285 e. The summed E-state index contributed by atoms with van der Waals surface area (Å²) in [7, 11) is 1.55. The molecule has 0 aromatic rings. The number of likely N-dealkylation sites (tertiary alicyclic amines) is 1. The van der Waals surface area contributed by atoms with E-state index in [1.807, 2.05) is 6.92 Å². The lowest BCUT2D eigenvalue weighted by Gasteiger charge is -2.07. The maximum Gasteiger partial charge on any atom is 0.242 e. The Hall–Kier alpha value is -0.770. The first-order valence-electron chi connectivity index (χ1n) is 4.24. The fourth-order valence-corrected chi connectivity index (χ4v) is 2.72. The lowest BCUT2D eigenvalue weighted by molar-refractivity contribution is -0.136. The number of carbonyl (C=O) groups is 2. The van der Waals surface area contributed by atoms with Crippen molar-refractivity contribution in [3.8, 4) is 0 Å². The van der Waals surface area contributed by atoms with Crippen LogP contribution in [0.25, 0.3) is 0 Å². The highest BCUT2D eigenvalue weighted by molar-refractivity contribution is 8.01. The van der Waals surface area contributed by atoms with E-state index in [0.29, 0.717) is 11.7 Å². The maximum atomic E-state index is 11.4. The summed E-state index contributed by atoms with van der Waals surface area (Å²) in [4.78, 5) is 23.8. The lowest BCUT2D eigenvalue weighted by atomic mass is 10.4. The molecule has 0 aromatic carbocycles. The van der Waals surface area contributed by atoms with Crippen LogP contribution in [-0.4, -0.2) is 34.3 Å². The van der Waals surface area contributed by atoms with E-state index in [2.05, 4.69) is 6.08 Å². The van der Waals surface area contributed by atoms with Crippen LogP contribution in [0, 0.1) is 0 Å². The van der Waals surface area contributed by atoms with Gasteiger partial charge in [0.2, 0.25) is 11.8 Å². The average Bonchev–Trinajstić information content (AvgIpc) is 2.72. The zero-order chi connectivity index (χ0) is 9.59. The van der Waals surface area contributed by atoms with Gasteiger partial charge in [0.05, 0.1) is 5.25 Å². The van der Waals surface area contributed by atoms with Crippen molar-refractivity contribution in [1.29, 1.82) is 0 Å². The van der Waals surface area contributed by atoms with Crippen molar-refractivity contribution in [1.82, 2.24) is 4.90 Å². The van der Waals surface area contributed by atoms with Crippen LogP contribution in [-0.2, 0) is 9.59 Å². The molecule has 0 radical (unpaired) electrons. The first-order chi connectivity index (χ1) is 6.09. The second kappa shape index (κ2) is 2.87. The third-order valence-corrected chi connectivity index (χ3v) is 3.90. The van der Waals surface area contributed by atoms with Gasteiger partial charge in [-0.25, -0.2) is 0 Å². The van der Waals surface area contributed by atoms with Crippen molar-refractivity contribution in [2.75, 3.05) is 7.05 Å². The molecule has 70 valence electrons. The minimum atomic E-state index is -0.142. The van der Waals surface area contributed by atoms with E-state index < -0.39 is 0 Å². The quantitative estimate of drug-likeness (QED) is 0.485. The molecular weight excluding hydrogens is 186 g/mol. The molecule has 2 unspecified atom stereocenters. The van der Waals surface area contributed by atoms with Crippen molar-refractivity contribution in [3.05, 3.63) is 11.6 Å². The summed E-state index contributed by atoms with van der Waals surface area (Å²) < 4.78 is 0. The van der Waals surface area contributed by atoms with Crippen LogP contribution in [0.15, 0.2) is 11.6 Å². The molecule has 1 aliphatic carbocycles. The first kappa shape index (κ1) is 8.81. The van der Waals surface area contributed by atoms with E-state index in [1.165, 1.54) is 10.5 Å². The Labute approximate surface area is 81.2 Å². The number of carbonyl (C=O) groups excluding carboxylic acids is 2. The van der Waals surface area contributed by atoms with Crippen molar-refractivity contribution in [2.24, 2.45) is 0 Å². The Morgan fingerprint density at radius 1 is 1.54 bits per heavy atom. The van der Waals surface area contributed by atoms with E-state index >= 15 is 0 Å². The molecule has 2 rings (SSSR count). The van der Waals surface area contributed by atoms with E-state index in [9.17, 15) is 9.59 Å². The van der Waals surface area contributed by atoms with E-state index in [-0.39, 0.29) is 17.1 Å². The molecule has 2 aliphatic rings.